The SMILES string of the molecule is COc1ccc(Br)cc1C1CCCN1C(=O)Nc1cnn2cccnc12. The molecule has 0 bridgehead atoms. The van der Waals surface area contributed by atoms with E-state index in [2.05, 4.69) is 31.3 Å². The summed E-state index contributed by atoms with van der Waals surface area (Å²) < 4.78 is 8.10. The van der Waals surface area contributed by atoms with Crippen molar-refractivity contribution >= 4 is 33.3 Å². The van der Waals surface area contributed by atoms with E-state index < -0.39 is 0 Å². The minimum atomic E-state index is -0.157. The molecule has 2 aromatic heterocycles. The number of fused-ring (bicyclic) bond motifs is 1. The number of carbonyl (C=O) groups excluding carboxylic acids is 1. The van der Waals surface area contributed by atoms with E-state index in [9.17, 15) is 4.79 Å². The monoisotopic (exact) mass is 415 g/mol. The fraction of sp³-hybridized carbons (Fsp3) is 0.278. The first-order chi connectivity index (χ1) is 12.7. The molecule has 0 spiro atoms. The van der Waals surface area contributed by atoms with Crippen molar-refractivity contribution in [3.63, 3.8) is 0 Å². The third kappa shape index (κ3) is 3.01. The molecular formula is C18H18BrN5O2. The van der Waals surface area contributed by atoms with E-state index in [0.717, 1.165) is 28.6 Å². The first-order valence-corrected chi connectivity index (χ1v) is 9.16. The van der Waals surface area contributed by atoms with Gasteiger partial charge in [0.05, 0.1) is 19.3 Å². The van der Waals surface area contributed by atoms with Crippen molar-refractivity contribution in [2.24, 2.45) is 0 Å². The standard InChI is InChI=1S/C18H18BrN5O2/c1-26-16-6-5-12(19)10-13(16)15-4-2-8-23(15)18(25)22-14-11-21-24-9-3-7-20-17(14)24/h3,5-7,9-11,15H,2,4,8H2,1H3,(H,22,25). The molecule has 1 saturated heterocycles. The van der Waals surface area contributed by atoms with Crippen LogP contribution in [0.25, 0.3) is 5.65 Å². The molecule has 2 amide bonds. The summed E-state index contributed by atoms with van der Waals surface area (Å²) in [6, 6.07) is 7.48. The highest BCUT2D eigenvalue weighted by Gasteiger charge is 2.32. The maximum Gasteiger partial charge on any atom is 0.322 e. The van der Waals surface area contributed by atoms with Gasteiger partial charge in [0, 0.05) is 29.0 Å². The summed E-state index contributed by atoms with van der Waals surface area (Å²) >= 11 is 3.51. The van der Waals surface area contributed by atoms with Crippen LogP contribution >= 0.6 is 15.9 Å². The predicted octanol–water partition coefficient (Wildman–Crippen LogP) is 3.87. The predicted molar refractivity (Wildman–Crippen MR) is 101 cm³/mol. The lowest BCUT2D eigenvalue weighted by Gasteiger charge is -2.26. The Morgan fingerprint density at radius 2 is 2.31 bits per heavy atom. The summed E-state index contributed by atoms with van der Waals surface area (Å²) in [5.41, 5.74) is 2.23. The average Bonchev–Trinajstić information content (AvgIpc) is 3.29. The van der Waals surface area contributed by atoms with Crippen LogP contribution < -0.4 is 10.1 Å². The van der Waals surface area contributed by atoms with Gasteiger partial charge >= 0.3 is 6.03 Å². The summed E-state index contributed by atoms with van der Waals surface area (Å²) in [4.78, 5) is 19.0. The molecule has 1 aromatic carbocycles. The molecule has 134 valence electrons. The molecule has 1 atom stereocenters. The van der Waals surface area contributed by atoms with E-state index >= 15 is 0 Å². The molecule has 26 heavy (non-hydrogen) atoms. The van der Waals surface area contributed by atoms with Crippen LogP contribution in [0.2, 0.25) is 0 Å². The second-order valence-electron chi connectivity index (χ2n) is 6.11. The van der Waals surface area contributed by atoms with Gasteiger partial charge in [-0.3, -0.25) is 0 Å². The van der Waals surface area contributed by atoms with Gasteiger partial charge in [-0.05, 0) is 37.1 Å². The number of anilines is 1. The molecule has 3 heterocycles. The minimum absolute atomic E-state index is 0.0303. The highest BCUT2D eigenvalue weighted by atomic mass is 79.9. The third-order valence-corrected chi connectivity index (χ3v) is 5.08. The molecule has 1 N–H and O–H groups in total. The fourth-order valence-corrected chi connectivity index (χ4v) is 3.78. The van der Waals surface area contributed by atoms with Gasteiger partial charge in [-0.1, -0.05) is 15.9 Å². The Labute approximate surface area is 159 Å². The van der Waals surface area contributed by atoms with Crippen molar-refractivity contribution in [3.05, 3.63) is 52.9 Å². The largest absolute Gasteiger partial charge is 0.496 e. The van der Waals surface area contributed by atoms with Crippen LogP contribution in [-0.4, -0.2) is 39.2 Å². The van der Waals surface area contributed by atoms with Crippen molar-refractivity contribution < 1.29 is 9.53 Å². The maximum atomic E-state index is 12.9. The Hall–Kier alpha value is -2.61. The van der Waals surface area contributed by atoms with Crippen LogP contribution in [0.1, 0.15) is 24.4 Å². The number of urea groups is 1. The average molecular weight is 416 g/mol. The zero-order valence-corrected chi connectivity index (χ0v) is 15.8. The molecule has 4 rings (SSSR count). The van der Waals surface area contributed by atoms with E-state index in [4.69, 9.17) is 4.74 Å². The Kier molecular flexibility index (Phi) is 4.50. The highest BCUT2D eigenvalue weighted by molar-refractivity contribution is 9.10. The van der Waals surface area contributed by atoms with Crippen molar-refractivity contribution in [1.82, 2.24) is 19.5 Å². The second kappa shape index (κ2) is 6.95. The number of hydrogen-bond acceptors (Lipinski definition) is 4. The van der Waals surface area contributed by atoms with Gasteiger partial charge < -0.3 is 15.0 Å². The molecule has 1 fully saturated rings. The van der Waals surface area contributed by atoms with Gasteiger partial charge in [0.15, 0.2) is 5.65 Å². The van der Waals surface area contributed by atoms with Gasteiger partial charge in [0.1, 0.15) is 11.4 Å². The van der Waals surface area contributed by atoms with Gasteiger partial charge in [-0.15, -0.1) is 0 Å². The lowest BCUT2D eigenvalue weighted by molar-refractivity contribution is 0.206. The number of halogens is 1. The molecule has 1 unspecified atom stereocenters. The van der Waals surface area contributed by atoms with Crippen LogP contribution in [0.15, 0.2) is 47.3 Å². The lowest BCUT2D eigenvalue weighted by Crippen LogP contribution is -2.34. The summed E-state index contributed by atoms with van der Waals surface area (Å²) in [7, 11) is 1.65. The van der Waals surface area contributed by atoms with Crippen LogP contribution in [0.4, 0.5) is 10.5 Å². The number of benzene rings is 1. The van der Waals surface area contributed by atoms with E-state index in [-0.39, 0.29) is 12.1 Å². The Balaban J connectivity index is 1.60. The van der Waals surface area contributed by atoms with Gasteiger partial charge in [-0.2, -0.15) is 5.10 Å². The number of nitrogens with zero attached hydrogens (tertiary/aromatic N) is 4. The van der Waals surface area contributed by atoms with E-state index in [0.29, 0.717) is 17.9 Å². The van der Waals surface area contributed by atoms with Crippen molar-refractivity contribution in [1.29, 1.82) is 0 Å². The zero-order valence-electron chi connectivity index (χ0n) is 14.2. The van der Waals surface area contributed by atoms with Gasteiger partial charge in [0.25, 0.3) is 0 Å². The van der Waals surface area contributed by atoms with Gasteiger partial charge in [0.2, 0.25) is 0 Å². The Morgan fingerprint density at radius 1 is 1.42 bits per heavy atom. The van der Waals surface area contributed by atoms with Crippen LogP contribution in [-0.2, 0) is 0 Å². The van der Waals surface area contributed by atoms with E-state index in [1.54, 1.807) is 36.3 Å². The molecule has 1 aliphatic rings. The molecular weight excluding hydrogens is 398 g/mol. The number of carbonyl (C=O) groups is 1. The van der Waals surface area contributed by atoms with Crippen molar-refractivity contribution in [2.75, 3.05) is 19.0 Å². The number of hydrogen-bond donors (Lipinski definition) is 1. The zero-order chi connectivity index (χ0) is 18.1. The lowest BCUT2D eigenvalue weighted by atomic mass is 10.0. The molecule has 8 heteroatoms. The number of likely N-dealkylation sites (tertiary alicyclic amines) is 1. The van der Waals surface area contributed by atoms with E-state index in [1.165, 1.54) is 0 Å². The number of nitrogens with one attached hydrogen (secondary N) is 1. The topological polar surface area (TPSA) is 71.8 Å². The number of aromatic nitrogens is 3. The minimum Gasteiger partial charge on any atom is -0.496 e. The first-order valence-electron chi connectivity index (χ1n) is 8.37. The fourth-order valence-electron chi connectivity index (χ4n) is 3.40. The highest BCUT2D eigenvalue weighted by Crippen LogP contribution is 2.38. The Morgan fingerprint density at radius 3 is 3.15 bits per heavy atom. The number of methoxy groups -OCH3 is 1. The molecule has 0 aliphatic carbocycles. The summed E-state index contributed by atoms with van der Waals surface area (Å²) in [5, 5.41) is 7.16. The summed E-state index contributed by atoms with van der Waals surface area (Å²) in [6.45, 7) is 0.693. The summed E-state index contributed by atoms with van der Waals surface area (Å²) in [5.74, 6) is 0.788. The smallest absolute Gasteiger partial charge is 0.322 e. The summed E-state index contributed by atoms with van der Waals surface area (Å²) in [6.07, 6.45) is 6.93. The quantitative estimate of drug-likeness (QED) is 0.704. The van der Waals surface area contributed by atoms with Crippen molar-refractivity contribution in [3.8, 4) is 5.75 Å². The first kappa shape index (κ1) is 16.8. The Bertz CT molecular complexity index is 958. The van der Waals surface area contributed by atoms with Gasteiger partial charge in [-0.25, -0.2) is 14.3 Å². The van der Waals surface area contributed by atoms with Crippen molar-refractivity contribution in [2.45, 2.75) is 18.9 Å². The van der Waals surface area contributed by atoms with Crippen LogP contribution in [0.5, 0.6) is 5.75 Å². The normalized spacial score (nSPS) is 16.8. The molecule has 7 nitrogen and oxygen atoms in total. The second-order valence-corrected chi connectivity index (χ2v) is 7.03. The van der Waals surface area contributed by atoms with Crippen LogP contribution in [0, 0.1) is 0 Å². The molecule has 3 aromatic rings. The molecule has 1 aliphatic heterocycles. The number of ether oxygens (including phenoxy) is 1. The van der Waals surface area contributed by atoms with Crippen LogP contribution in [0.3, 0.4) is 0 Å². The molecule has 0 radical (unpaired) electrons. The third-order valence-electron chi connectivity index (χ3n) is 4.59. The maximum absolute atomic E-state index is 12.9. The number of rotatable bonds is 3. The number of amides is 2. The van der Waals surface area contributed by atoms with E-state index in [1.807, 2.05) is 23.1 Å². The molecule has 0 saturated carbocycles.